The molecule has 0 spiro atoms. The normalized spacial score (nSPS) is 20.3. The van der Waals surface area contributed by atoms with Gasteiger partial charge in [0.2, 0.25) is 0 Å². The minimum absolute atomic E-state index is 0.0363. The van der Waals surface area contributed by atoms with Crippen LogP contribution in [0.4, 0.5) is 5.82 Å². The van der Waals surface area contributed by atoms with Crippen LogP contribution in [0.2, 0.25) is 0 Å². The van der Waals surface area contributed by atoms with Crippen molar-refractivity contribution in [1.82, 2.24) is 18.6 Å². The van der Waals surface area contributed by atoms with Crippen molar-refractivity contribution in [3.05, 3.63) is 53.0 Å². The van der Waals surface area contributed by atoms with Crippen molar-refractivity contribution in [2.75, 3.05) is 38.6 Å². The number of benzene rings is 1. The molecule has 0 saturated carbocycles. The molecule has 29 heavy (non-hydrogen) atoms. The summed E-state index contributed by atoms with van der Waals surface area (Å²) in [5.41, 5.74) is 3.52. The average Bonchev–Trinajstić information content (AvgIpc) is 3.20. The number of aromatic nitrogens is 2. The van der Waals surface area contributed by atoms with Crippen molar-refractivity contribution >= 4 is 16.0 Å². The van der Waals surface area contributed by atoms with Crippen molar-refractivity contribution in [1.29, 1.82) is 0 Å². The molecule has 1 aromatic heterocycles. The molecule has 8 heteroatoms. The van der Waals surface area contributed by atoms with E-state index in [0.717, 1.165) is 49.7 Å². The van der Waals surface area contributed by atoms with Gasteiger partial charge in [0.1, 0.15) is 11.6 Å². The van der Waals surface area contributed by atoms with Crippen LogP contribution in [0.5, 0.6) is 0 Å². The smallest absolute Gasteiger partial charge is 0.281 e. The van der Waals surface area contributed by atoms with Crippen LogP contribution in [0.15, 0.2) is 30.3 Å². The van der Waals surface area contributed by atoms with Crippen LogP contribution in [0.3, 0.4) is 0 Å². The first-order valence-electron chi connectivity index (χ1n) is 10.2. The van der Waals surface area contributed by atoms with Crippen LogP contribution >= 0.6 is 0 Å². The molecule has 1 aromatic carbocycles. The molecule has 4 rings (SSSR count). The predicted octanol–water partition coefficient (Wildman–Crippen LogP) is 2.33. The van der Waals surface area contributed by atoms with Gasteiger partial charge in [-0.2, -0.15) is 17.0 Å². The van der Waals surface area contributed by atoms with E-state index in [9.17, 15) is 8.42 Å². The summed E-state index contributed by atoms with van der Waals surface area (Å²) in [6, 6.07) is 10.4. The molecule has 3 heterocycles. The SMILES string of the molecule is Cc1nc([C@H]2CCN(S(=O)(=O)N(C)C)C2)nc2c1CCCN2Cc1ccccc1. The largest absolute Gasteiger partial charge is 0.352 e. The molecule has 0 N–H and O–H groups in total. The number of hydrogen-bond acceptors (Lipinski definition) is 5. The molecular weight excluding hydrogens is 386 g/mol. The summed E-state index contributed by atoms with van der Waals surface area (Å²) in [5.74, 6) is 1.84. The van der Waals surface area contributed by atoms with E-state index in [1.54, 1.807) is 14.1 Å². The second kappa shape index (κ2) is 8.01. The number of aryl methyl sites for hydroxylation is 1. The summed E-state index contributed by atoms with van der Waals surface area (Å²) in [6.07, 6.45) is 2.85. The molecule has 2 aliphatic rings. The fraction of sp³-hybridized carbons (Fsp3) is 0.524. The third-order valence-corrected chi connectivity index (χ3v) is 7.79. The van der Waals surface area contributed by atoms with E-state index in [1.165, 1.54) is 19.7 Å². The van der Waals surface area contributed by atoms with Crippen LogP contribution in [0.25, 0.3) is 0 Å². The summed E-state index contributed by atoms with van der Waals surface area (Å²) in [4.78, 5) is 12.1. The van der Waals surface area contributed by atoms with E-state index in [0.29, 0.717) is 13.1 Å². The first-order valence-corrected chi connectivity index (χ1v) is 11.6. The average molecular weight is 416 g/mol. The van der Waals surface area contributed by atoms with Gasteiger partial charge in [-0.05, 0) is 31.7 Å². The van der Waals surface area contributed by atoms with E-state index in [4.69, 9.17) is 9.97 Å². The van der Waals surface area contributed by atoms with Crippen LogP contribution < -0.4 is 4.90 Å². The lowest BCUT2D eigenvalue weighted by Crippen LogP contribution is -2.38. The molecule has 0 unspecified atom stereocenters. The summed E-state index contributed by atoms with van der Waals surface area (Å²) in [7, 11) is -0.250. The Morgan fingerprint density at radius 2 is 1.90 bits per heavy atom. The quantitative estimate of drug-likeness (QED) is 0.750. The second-order valence-corrected chi connectivity index (χ2v) is 10.3. The minimum Gasteiger partial charge on any atom is -0.352 e. The first-order chi connectivity index (χ1) is 13.9. The highest BCUT2D eigenvalue weighted by Crippen LogP contribution is 2.33. The molecule has 7 nitrogen and oxygen atoms in total. The first kappa shape index (κ1) is 20.3. The van der Waals surface area contributed by atoms with E-state index < -0.39 is 10.2 Å². The van der Waals surface area contributed by atoms with Crippen molar-refractivity contribution < 1.29 is 8.42 Å². The Bertz CT molecular complexity index is 978. The summed E-state index contributed by atoms with van der Waals surface area (Å²) < 4.78 is 27.7. The molecule has 0 aliphatic carbocycles. The highest BCUT2D eigenvalue weighted by atomic mass is 32.2. The van der Waals surface area contributed by atoms with E-state index in [-0.39, 0.29) is 5.92 Å². The van der Waals surface area contributed by atoms with Gasteiger partial charge in [0.15, 0.2) is 0 Å². The van der Waals surface area contributed by atoms with E-state index in [2.05, 4.69) is 36.1 Å². The third-order valence-electron chi connectivity index (χ3n) is 5.88. The Morgan fingerprint density at radius 3 is 2.62 bits per heavy atom. The van der Waals surface area contributed by atoms with Gasteiger partial charge in [0.05, 0.1) is 0 Å². The van der Waals surface area contributed by atoms with Gasteiger partial charge in [-0.1, -0.05) is 30.3 Å². The molecule has 156 valence electrons. The Kier molecular flexibility index (Phi) is 5.59. The molecule has 2 aliphatic heterocycles. The number of fused-ring (bicyclic) bond motifs is 1. The van der Waals surface area contributed by atoms with Gasteiger partial charge in [0, 0.05) is 57.4 Å². The lowest BCUT2D eigenvalue weighted by molar-refractivity contribution is 0.418. The van der Waals surface area contributed by atoms with Crippen molar-refractivity contribution in [3.8, 4) is 0 Å². The van der Waals surface area contributed by atoms with Crippen LogP contribution in [0.1, 0.15) is 41.4 Å². The summed E-state index contributed by atoms with van der Waals surface area (Å²) in [5, 5.41) is 0. The van der Waals surface area contributed by atoms with Gasteiger partial charge in [-0.3, -0.25) is 0 Å². The Balaban J connectivity index is 1.61. The maximum atomic E-state index is 12.5. The number of anilines is 1. The lowest BCUT2D eigenvalue weighted by atomic mass is 10.0. The van der Waals surface area contributed by atoms with Gasteiger partial charge in [-0.25, -0.2) is 9.97 Å². The molecule has 1 saturated heterocycles. The zero-order valence-corrected chi connectivity index (χ0v) is 18.2. The van der Waals surface area contributed by atoms with E-state index >= 15 is 0 Å². The minimum atomic E-state index is -3.40. The van der Waals surface area contributed by atoms with Gasteiger partial charge >= 0.3 is 0 Å². The molecule has 1 fully saturated rings. The zero-order valence-electron chi connectivity index (χ0n) is 17.4. The van der Waals surface area contributed by atoms with Crippen molar-refractivity contribution in [2.45, 2.75) is 38.6 Å². The molecule has 0 bridgehead atoms. The molecule has 1 atom stereocenters. The Morgan fingerprint density at radius 1 is 1.14 bits per heavy atom. The van der Waals surface area contributed by atoms with Crippen LogP contribution in [-0.4, -0.2) is 60.7 Å². The maximum Gasteiger partial charge on any atom is 0.281 e. The van der Waals surface area contributed by atoms with Crippen molar-refractivity contribution in [3.63, 3.8) is 0 Å². The van der Waals surface area contributed by atoms with Crippen LogP contribution in [-0.2, 0) is 23.2 Å². The fourth-order valence-electron chi connectivity index (χ4n) is 4.23. The summed E-state index contributed by atoms with van der Waals surface area (Å²) >= 11 is 0. The summed E-state index contributed by atoms with van der Waals surface area (Å²) in [6.45, 7) is 4.81. The second-order valence-electron chi connectivity index (χ2n) is 8.11. The van der Waals surface area contributed by atoms with E-state index in [1.807, 2.05) is 6.07 Å². The number of rotatable bonds is 5. The zero-order chi connectivity index (χ0) is 20.6. The highest BCUT2D eigenvalue weighted by Gasteiger charge is 2.35. The predicted molar refractivity (Wildman–Crippen MR) is 114 cm³/mol. The number of nitrogens with zero attached hydrogens (tertiary/aromatic N) is 5. The Labute approximate surface area is 173 Å². The molecular formula is C21H29N5O2S. The van der Waals surface area contributed by atoms with Gasteiger partial charge < -0.3 is 4.90 Å². The van der Waals surface area contributed by atoms with Gasteiger partial charge in [0.25, 0.3) is 10.2 Å². The third kappa shape index (κ3) is 4.01. The van der Waals surface area contributed by atoms with Crippen LogP contribution in [0, 0.1) is 6.92 Å². The molecule has 0 radical (unpaired) electrons. The highest BCUT2D eigenvalue weighted by molar-refractivity contribution is 7.86. The number of hydrogen-bond donors (Lipinski definition) is 0. The van der Waals surface area contributed by atoms with Crippen molar-refractivity contribution in [2.24, 2.45) is 0 Å². The molecule has 2 aromatic rings. The van der Waals surface area contributed by atoms with Gasteiger partial charge in [-0.15, -0.1) is 0 Å². The maximum absolute atomic E-state index is 12.5. The monoisotopic (exact) mass is 415 g/mol. The lowest BCUT2D eigenvalue weighted by Gasteiger charge is -2.31. The topological polar surface area (TPSA) is 69.6 Å². The Hall–Kier alpha value is -2.03. The fourth-order valence-corrected chi connectivity index (χ4v) is 5.40. The standard InChI is InChI=1S/C21H29N5O2S/c1-16-19-10-7-12-25(14-17-8-5-4-6-9-17)21(19)23-20(22-16)18-11-13-26(15-18)29(27,28)24(2)3/h4-6,8-9,18H,7,10-15H2,1-3H3/t18-/m0/s1. The molecule has 0 amide bonds.